The van der Waals surface area contributed by atoms with Crippen LogP contribution in [0.5, 0.6) is 0 Å². The number of nitrogens with one attached hydrogen (secondary N) is 2. The SMILES string of the molecule is CC(C)[C@H](NC(=O)c1ccccc1)C(=O)N/N=C/c1c(F)cccc1Cl. The molecule has 0 aliphatic heterocycles. The smallest absolute Gasteiger partial charge is 0.262 e. The summed E-state index contributed by atoms with van der Waals surface area (Å²) in [4.78, 5) is 24.6. The van der Waals surface area contributed by atoms with Crippen LogP contribution in [0.3, 0.4) is 0 Å². The van der Waals surface area contributed by atoms with Gasteiger partial charge in [-0.1, -0.05) is 49.7 Å². The Bertz CT molecular complexity index is 789. The van der Waals surface area contributed by atoms with Crippen molar-refractivity contribution in [3.05, 3.63) is 70.5 Å². The first-order valence-corrected chi connectivity index (χ1v) is 8.40. The summed E-state index contributed by atoms with van der Waals surface area (Å²) in [6.07, 6.45) is 1.13. The molecule has 0 spiro atoms. The van der Waals surface area contributed by atoms with Crippen molar-refractivity contribution in [2.75, 3.05) is 0 Å². The van der Waals surface area contributed by atoms with Gasteiger partial charge in [0.25, 0.3) is 11.8 Å². The predicted molar refractivity (Wildman–Crippen MR) is 99.7 cm³/mol. The van der Waals surface area contributed by atoms with Crippen LogP contribution in [-0.4, -0.2) is 24.1 Å². The maximum absolute atomic E-state index is 13.7. The number of hydrogen-bond donors (Lipinski definition) is 2. The standard InChI is InChI=1S/C19H19ClFN3O2/c1-12(2)17(23-18(25)13-7-4-3-5-8-13)19(26)24-22-11-14-15(20)9-6-10-16(14)21/h3-12,17H,1-2H3,(H,23,25)(H,24,26)/b22-11+/t17-/m0/s1. The van der Waals surface area contributed by atoms with Gasteiger partial charge in [-0.3, -0.25) is 9.59 Å². The molecule has 2 rings (SSSR count). The molecule has 2 N–H and O–H groups in total. The molecule has 0 aromatic heterocycles. The Balaban J connectivity index is 2.04. The molecule has 0 heterocycles. The van der Waals surface area contributed by atoms with Crippen molar-refractivity contribution in [1.29, 1.82) is 0 Å². The summed E-state index contributed by atoms with van der Waals surface area (Å²) in [6, 6.07) is 12.0. The Labute approximate surface area is 156 Å². The molecule has 0 saturated heterocycles. The van der Waals surface area contributed by atoms with Crippen LogP contribution in [0, 0.1) is 11.7 Å². The molecule has 5 nitrogen and oxygen atoms in total. The lowest BCUT2D eigenvalue weighted by Gasteiger charge is -2.20. The van der Waals surface area contributed by atoms with Crippen molar-refractivity contribution in [3.8, 4) is 0 Å². The van der Waals surface area contributed by atoms with E-state index in [4.69, 9.17) is 11.6 Å². The van der Waals surface area contributed by atoms with Gasteiger partial charge in [-0.15, -0.1) is 0 Å². The number of benzene rings is 2. The maximum Gasteiger partial charge on any atom is 0.262 e. The Kier molecular flexibility index (Phi) is 6.86. The van der Waals surface area contributed by atoms with Crippen LogP contribution in [0.2, 0.25) is 5.02 Å². The zero-order chi connectivity index (χ0) is 19.1. The molecule has 0 unspecified atom stereocenters. The third-order valence-corrected chi connectivity index (χ3v) is 3.97. The van der Waals surface area contributed by atoms with Crippen LogP contribution in [-0.2, 0) is 4.79 Å². The fourth-order valence-electron chi connectivity index (χ4n) is 2.21. The monoisotopic (exact) mass is 375 g/mol. The summed E-state index contributed by atoms with van der Waals surface area (Å²) in [5.41, 5.74) is 2.84. The zero-order valence-corrected chi connectivity index (χ0v) is 15.1. The molecule has 0 aliphatic rings. The highest BCUT2D eigenvalue weighted by molar-refractivity contribution is 6.33. The molecule has 0 aliphatic carbocycles. The molecule has 1 atom stereocenters. The quantitative estimate of drug-likeness (QED) is 0.600. The molecule has 0 radical (unpaired) electrons. The van der Waals surface area contributed by atoms with Crippen LogP contribution < -0.4 is 10.7 Å². The first-order valence-electron chi connectivity index (χ1n) is 8.03. The fourth-order valence-corrected chi connectivity index (χ4v) is 2.42. The van der Waals surface area contributed by atoms with Gasteiger partial charge < -0.3 is 5.32 Å². The molecule has 2 aromatic rings. The molecule has 0 bridgehead atoms. The summed E-state index contributed by atoms with van der Waals surface area (Å²) in [7, 11) is 0. The van der Waals surface area contributed by atoms with Gasteiger partial charge in [-0.2, -0.15) is 5.10 Å². The largest absolute Gasteiger partial charge is 0.340 e. The minimum Gasteiger partial charge on any atom is -0.340 e. The van der Waals surface area contributed by atoms with Crippen LogP contribution in [0.15, 0.2) is 53.6 Å². The average molecular weight is 376 g/mol. The van der Waals surface area contributed by atoms with E-state index in [0.717, 1.165) is 6.21 Å². The first kappa shape index (κ1) is 19.6. The van der Waals surface area contributed by atoms with E-state index in [1.54, 1.807) is 44.2 Å². The third-order valence-electron chi connectivity index (χ3n) is 3.64. The summed E-state index contributed by atoms with van der Waals surface area (Å²) in [5, 5.41) is 6.61. The highest BCUT2D eigenvalue weighted by Gasteiger charge is 2.24. The van der Waals surface area contributed by atoms with E-state index in [1.165, 1.54) is 18.2 Å². The topological polar surface area (TPSA) is 70.6 Å². The van der Waals surface area contributed by atoms with Gasteiger partial charge in [0.05, 0.1) is 11.2 Å². The van der Waals surface area contributed by atoms with Crippen LogP contribution >= 0.6 is 11.6 Å². The van der Waals surface area contributed by atoms with E-state index in [2.05, 4.69) is 15.8 Å². The Morgan fingerprint density at radius 3 is 2.42 bits per heavy atom. The molecule has 2 aromatic carbocycles. The summed E-state index contributed by atoms with van der Waals surface area (Å²) < 4.78 is 13.7. The highest BCUT2D eigenvalue weighted by atomic mass is 35.5. The number of nitrogens with zero attached hydrogens (tertiary/aromatic N) is 1. The van der Waals surface area contributed by atoms with Gasteiger partial charge in [0.1, 0.15) is 11.9 Å². The normalized spacial score (nSPS) is 12.2. The first-order chi connectivity index (χ1) is 12.4. The van der Waals surface area contributed by atoms with Crippen molar-refractivity contribution in [3.63, 3.8) is 0 Å². The Morgan fingerprint density at radius 2 is 1.81 bits per heavy atom. The average Bonchev–Trinajstić information content (AvgIpc) is 2.62. The van der Waals surface area contributed by atoms with Crippen molar-refractivity contribution < 1.29 is 14.0 Å². The van der Waals surface area contributed by atoms with Gasteiger partial charge in [0, 0.05) is 11.1 Å². The van der Waals surface area contributed by atoms with Crippen LogP contribution in [0.4, 0.5) is 4.39 Å². The van der Waals surface area contributed by atoms with Gasteiger partial charge in [-0.25, -0.2) is 9.82 Å². The number of hydrazone groups is 1. The third kappa shape index (κ3) is 5.13. The summed E-state index contributed by atoms with van der Waals surface area (Å²) in [5.74, 6) is -1.59. The second-order valence-electron chi connectivity index (χ2n) is 5.93. The molecule has 0 saturated carbocycles. The summed E-state index contributed by atoms with van der Waals surface area (Å²) >= 11 is 5.89. The molecular weight excluding hydrogens is 357 g/mol. The number of carbonyl (C=O) groups is 2. The molecular formula is C19H19ClFN3O2. The fraction of sp³-hybridized carbons (Fsp3) is 0.211. The predicted octanol–water partition coefficient (Wildman–Crippen LogP) is 3.38. The van der Waals surface area contributed by atoms with Crippen LogP contribution in [0.1, 0.15) is 29.8 Å². The van der Waals surface area contributed by atoms with E-state index < -0.39 is 17.8 Å². The molecule has 26 heavy (non-hydrogen) atoms. The number of amides is 2. The highest BCUT2D eigenvalue weighted by Crippen LogP contribution is 2.16. The van der Waals surface area contributed by atoms with Gasteiger partial charge >= 0.3 is 0 Å². The van der Waals surface area contributed by atoms with E-state index >= 15 is 0 Å². The number of hydrogen-bond acceptors (Lipinski definition) is 3. The van der Waals surface area contributed by atoms with Crippen LogP contribution in [0.25, 0.3) is 0 Å². The minimum atomic E-state index is -0.795. The number of carbonyl (C=O) groups excluding carboxylic acids is 2. The van der Waals surface area contributed by atoms with Gasteiger partial charge in [0.2, 0.25) is 0 Å². The van der Waals surface area contributed by atoms with Crippen molar-refractivity contribution in [2.24, 2.45) is 11.0 Å². The minimum absolute atomic E-state index is 0.0730. The Morgan fingerprint density at radius 1 is 1.12 bits per heavy atom. The molecule has 7 heteroatoms. The van der Waals surface area contributed by atoms with Gasteiger partial charge in [0.15, 0.2) is 0 Å². The number of rotatable bonds is 6. The molecule has 0 fully saturated rings. The van der Waals surface area contributed by atoms with Crippen molar-refractivity contribution in [1.82, 2.24) is 10.7 Å². The zero-order valence-electron chi connectivity index (χ0n) is 14.4. The van der Waals surface area contributed by atoms with Crippen molar-refractivity contribution >= 4 is 29.6 Å². The van der Waals surface area contributed by atoms with E-state index in [1.807, 2.05) is 0 Å². The lowest BCUT2D eigenvalue weighted by Crippen LogP contribution is -2.48. The molecule has 136 valence electrons. The van der Waals surface area contributed by atoms with E-state index in [9.17, 15) is 14.0 Å². The Hall–Kier alpha value is -2.73. The van der Waals surface area contributed by atoms with Crippen molar-refractivity contribution in [2.45, 2.75) is 19.9 Å². The summed E-state index contributed by atoms with van der Waals surface area (Å²) in [6.45, 7) is 3.60. The lowest BCUT2D eigenvalue weighted by molar-refractivity contribution is -0.123. The lowest BCUT2D eigenvalue weighted by atomic mass is 10.0. The van der Waals surface area contributed by atoms with E-state index in [-0.39, 0.29) is 22.4 Å². The second kappa shape index (κ2) is 9.10. The molecule has 2 amide bonds. The maximum atomic E-state index is 13.7. The van der Waals surface area contributed by atoms with E-state index in [0.29, 0.717) is 5.56 Å². The van der Waals surface area contributed by atoms with Gasteiger partial charge in [-0.05, 0) is 30.2 Å². The number of halogens is 2. The second-order valence-corrected chi connectivity index (χ2v) is 6.34.